The summed E-state index contributed by atoms with van der Waals surface area (Å²) in [6.45, 7) is 8.21. The van der Waals surface area contributed by atoms with Crippen LogP contribution in [0.4, 0.5) is 0 Å². The van der Waals surface area contributed by atoms with Crippen molar-refractivity contribution >= 4 is 25.8 Å². The van der Waals surface area contributed by atoms with Crippen molar-refractivity contribution in [1.82, 2.24) is 4.90 Å². The monoisotopic (exact) mass is 299 g/mol. The van der Waals surface area contributed by atoms with Gasteiger partial charge in [-0.1, -0.05) is 15.9 Å². The van der Waals surface area contributed by atoms with Crippen LogP contribution in [-0.4, -0.2) is 48.8 Å². The number of alkyl halides is 1. The average molecular weight is 300 g/mol. The molecule has 0 spiro atoms. The molecule has 0 aliphatic heterocycles. The molecule has 0 rings (SSSR count). The third-order valence-corrected chi connectivity index (χ3v) is 6.35. The molecule has 0 fully saturated rings. The second-order valence-corrected chi connectivity index (χ2v) is 8.02. The van der Waals surface area contributed by atoms with Gasteiger partial charge in [0.15, 0.2) is 9.84 Å². The van der Waals surface area contributed by atoms with Gasteiger partial charge in [0.25, 0.3) is 0 Å². The summed E-state index contributed by atoms with van der Waals surface area (Å²) in [5.41, 5.74) is -0.00744. The van der Waals surface area contributed by atoms with E-state index in [-0.39, 0.29) is 16.5 Å². The van der Waals surface area contributed by atoms with Crippen molar-refractivity contribution in [3.8, 4) is 0 Å². The maximum Gasteiger partial charge on any atom is 0.153 e. The number of rotatable bonds is 6. The molecule has 0 N–H and O–H groups in total. The summed E-state index contributed by atoms with van der Waals surface area (Å²) in [7, 11) is -0.963. The molecular formula is C10H22BrNO2S. The molecule has 0 radical (unpaired) electrons. The molecule has 92 valence electrons. The number of hydrogen-bond donors (Lipinski definition) is 0. The zero-order valence-corrected chi connectivity index (χ0v) is 12.7. The Bertz CT molecular complexity index is 286. The second kappa shape index (κ2) is 5.64. The summed E-state index contributed by atoms with van der Waals surface area (Å²) < 4.78 is 23.2. The Kier molecular flexibility index (Phi) is 5.79. The van der Waals surface area contributed by atoms with Crippen LogP contribution in [0.15, 0.2) is 0 Å². The van der Waals surface area contributed by atoms with Gasteiger partial charge in [-0.25, -0.2) is 8.42 Å². The highest BCUT2D eigenvalue weighted by Crippen LogP contribution is 2.15. The predicted molar refractivity (Wildman–Crippen MR) is 69.4 cm³/mol. The van der Waals surface area contributed by atoms with Crippen molar-refractivity contribution in [3.05, 3.63) is 0 Å². The molecule has 0 aromatic heterocycles. The Morgan fingerprint density at radius 1 is 1.33 bits per heavy atom. The lowest BCUT2D eigenvalue weighted by molar-refractivity contribution is 0.192. The fourth-order valence-electron chi connectivity index (χ4n) is 0.905. The smallest absolute Gasteiger partial charge is 0.153 e. The van der Waals surface area contributed by atoms with E-state index in [9.17, 15) is 8.42 Å². The van der Waals surface area contributed by atoms with Crippen molar-refractivity contribution in [2.45, 2.75) is 38.5 Å². The molecule has 0 aromatic rings. The van der Waals surface area contributed by atoms with E-state index in [0.29, 0.717) is 6.54 Å². The minimum Gasteiger partial charge on any atom is -0.299 e. The van der Waals surface area contributed by atoms with Gasteiger partial charge >= 0.3 is 0 Å². The quantitative estimate of drug-likeness (QED) is 0.703. The van der Waals surface area contributed by atoms with Gasteiger partial charge in [-0.3, -0.25) is 4.90 Å². The Morgan fingerprint density at radius 2 is 1.80 bits per heavy atom. The third-order valence-electron chi connectivity index (χ3n) is 2.79. The van der Waals surface area contributed by atoms with Crippen molar-refractivity contribution in [3.63, 3.8) is 0 Å². The molecule has 5 heteroatoms. The highest BCUT2D eigenvalue weighted by atomic mass is 79.9. The van der Waals surface area contributed by atoms with Crippen LogP contribution in [0.2, 0.25) is 0 Å². The third kappa shape index (κ3) is 4.83. The summed E-state index contributed by atoms with van der Waals surface area (Å²) in [5.74, 6) is 0.234. The molecule has 0 unspecified atom stereocenters. The van der Waals surface area contributed by atoms with Crippen LogP contribution in [0.5, 0.6) is 0 Å². The second-order valence-electron chi connectivity index (χ2n) is 4.78. The molecular weight excluding hydrogens is 278 g/mol. The zero-order valence-electron chi connectivity index (χ0n) is 10.2. The van der Waals surface area contributed by atoms with Gasteiger partial charge in [0, 0.05) is 17.4 Å². The van der Waals surface area contributed by atoms with E-state index in [4.69, 9.17) is 0 Å². The van der Waals surface area contributed by atoms with Crippen LogP contribution < -0.4 is 0 Å². The molecule has 0 bridgehead atoms. The fraction of sp³-hybridized carbons (Fsp3) is 1.00. The lowest BCUT2D eigenvalue weighted by Crippen LogP contribution is -2.45. The van der Waals surface area contributed by atoms with E-state index in [2.05, 4.69) is 34.7 Å². The zero-order chi connectivity index (χ0) is 12.3. The van der Waals surface area contributed by atoms with Gasteiger partial charge in [-0.2, -0.15) is 0 Å². The van der Waals surface area contributed by atoms with Crippen LogP contribution in [0, 0.1) is 0 Å². The fourth-order valence-corrected chi connectivity index (χ4v) is 2.33. The van der Waals surface area contributed by atoms with Crippen molar-refractivity contribution in [2.24, 2.45) is 0 Å². The van der Waals surface area contributed by atoms with Crippen molar-refractivity contribution in [2.75, 3.05) is 24.7 Å². The maximum atomic E-state index is 11.6. The minimum absolute atomic E-state index is 0.00744. The van der Waals surface area contributed by atoms with Gasteiger partial charge in [0.2, 0.25) is 0 Å². The molecule has 0 aliphatic carbocycles. The van der Waals surface area contributed by atoms with Crippen LogP contribution in [0.3, 0.4) is 0 Å². The SMILES string of the molecule is CC(C)S(=O)(=O)CCN(C)C(C)(C)CBr. The molecule has 15 heavy (non-hydrogen) atoms. The first-order valence-electron chi connectivity index (χ1n) is 5.12. The first kappa shape index (κ1) is 15.4. The largest absolute Gasteiger partial charge is 0.299 e. The maximum absolute atomic E-state index is 11.6. The highest BCUT2D eigenvalue weighted by Gasteiger charge is 2.24. The van der Waals surface area contributed by atoms with Gasteiger partial charge in [0.1, 0.15) is 0 Å². The van der Waals surface area contributed by atoms with E-state index in [1.807, 2.05) is 7.05 Å². The average Bonchev–Trinajstić information content (AvgIpc) is 2.13. The van der Waals surface area contributed by atoms with Crippen LogP contribution in [-0.2, 0) is 9.84 Å². The Balaban J connectivity index is 4.30. The van der Waals surface area contributed by atoms with Crippen LogP contribution >= 0.6 is 15.9 Å². The van der Waals surface area contributed by atoms with E-state index >= 15 is 0 Å². The normalized spacial score (nSPS) is 13.9. The Hall–Kier alpha value is 0.390. The van der Waals surface area contributed by atoms with E-state index in [1.165, 1.54) is 0 Å². The van der Waals surface area contributed by atoms with Gasteiger partial charge in [0.05, 0.1) is 11.0 Å². The first-order valence-corrected chi connectivity index (χ1v) is 7.96. The van der Waals surface area contributed by atoms with Crippen molar-refractivity contribution < 1.29 is 8.42 Å². The summed E-state index contributed by atoms with van der Waals surface area (Å²) >= 11 is 3.43. The highest BCUT2D eigenvalue weighted by molar-refractivity contribution is 9.09. The van der Waals surface area contributed by atoms with Gasteiger partial charge in [-0.05, 0) is 34.7 Å². The molecule has 3 nitrogen and oxygen atoms in total. The Labute approximate surface area is 102 Å². The summed E-state index contributed by atoms with van der Waals surface area (Å²) in [6.07, 6.45) is 0. The number of sulfone groups is 1. The summed E-state index contributed by atoms with van der Waals surface area (Å²) in [5, 5.41) is 0.552. The van der Waals surface area contributed by atoms with E-state index in [0.717, 1.165) is 5.33 Å². The van der Waals surface area contributed by atoms with Gasteiger partial charge < -0.3 is 0 Å². The Morgan fingerprint density at radius 3 is 2.13 bits per heavy atom. The lowest BCUT2D eigenvalue weighted by atomic mass is 10.1. The lowest BCUT2D eigenvalue weighted by Gasteiger charge is -2.34. The van der Waals surface area contributed by atoms with E-state index < -0.39 is 9.84 Å². The van der Waals surface area contributed by atoms with Crippen LogP contribution in [0.1, 0.15) is 27.7 Å². The van der Waals surface area contributed by atoms with Crippen molar-refractivity contribution in [1.29, 1.82) is 0 Å². The molecule has 0 aliphatic rings. The molecule has 0 atom stereocenters. The molecule has 0 aromatic carbocycles. The van der Waals surface area contributed by atoms with Crippen LogP contribution in [0.25, 0.3) is 0 Å². The number of hydrogen-bond acceptors (Lipinski definition) is 3. The summed E-state index contributed by atoms with van der Waals surface area (Å²) in [4.78, 5) is 2.07. The molecule has 0 heterocycles. The standard InChI is InChI=1S/C10H22BrNO2S/c1-9(2)15(13,14)7-6-12(5)10(3,4)8-11/h9H,6-8H2,1-5H3. The van der Waals surface area contributed by atoms with Gasteiger partial charge in [-0.15, -0.1) is 0 Å². The topological polar surface area (TPSA) is 37.4 Å². The first-order chi connectivity index (χ1) is 6.63. The summed E-state index contributed by atoms with van der Waals surface area (Å²) in [6, 6.07) is 0. The molecule has 0 saturated heterocycles. The minimum atomic E-state index is -2.92. The number of nitrogens with zero attached hydrogens (tertiary/aromatic N) is 1. The predicted octanol–water partition coefficient (Wildman–Crippen LogP) is 1.91. The molecule has 0 saturated carbocycles. The number of halogens is 1. The molecule has 0 amide bonds. The van der Waals surface area contributed by atoms with E-state index in [1.54, 1.807) is 13.8 Å².